The van der Waals surface area contributed by atoms with E-state index < -0.39 is 0 Å². The number of fused-ring (bicyclic) bond motifs is 1. The number of carbonyl (C=O) groups is 1. The third-order valence-corrected chi connectivity index (χ3v) is 3.76. The highest BCUT2D eigenvalue weighted by molar-refractivity contribution is 6.04. The molecule has 0 aliphatic heterocycles. The summed E-state index contributed by atoms with van der Waals surface area (Å²) in [6.45, 7) is 2.19. The molecule has 106 valence electrons. The maximum atomic E-state index is 11.6. The van der Waals surface area contributed by atoms with Crippen LogP contribution in [0.4, 0.5) is 0 Å². The lowest BCUT2D eigenvalue weighted by Gasteiger charge is -2.00. The van der Waals surface area contributed by atoms with E-state index in [9.17, 15) is 4.79 Å². The van der Waals surface area contributed by atoms with Gasteiger partial charge in [-0.2, -0.15) is 0 Å². The Morgan fingerprint density at radius 3 is 2.86 bits per heavy atom. The molecule has 0 radical (unpaired) electrons. The number of benzene rings is 1. The van der Waals surface area contributed by atoms with Crippen LogP contribution in [0.25, 0.3) is 22.3 Å². The summed E-state index contributed by atoms with van der Waals surface area (Å²) in [6.07, 6.45) is 6.05. The molecule has 0 aliphatic rings. The highest BCUT2D eigenvalue weighted by atomic mass is 16.1. The van der Waals surface area contributed by atoms with Crippen molar-refractivity contribution in [3.8, 4) is 11.4 Å². The fourth-order valence-corrected chi connectivity index (χ4v) is 2.63. The Morgan fingerprint density at radius 1 is 1.24 bits per heavy atom. The molecule has 1 N–H and O–H groups in total. The van der Waals surface area contributed by atoms with Crippen molar-refractivity contribution in [3.63, 3.8) is 0 Å². The number of aromatic amines is 1. The first-order valence-corrected chi connectivity index (χ1v) is 7.34. The minimum Gasteiger partial charge on any atom is -0.353 e. The van der Waals surface area contributed by atoms with Crippen LogP contribution in [0.5, 0.6) is 0 Å². The van der Waals surface area contributed by atoms with Gasteiger partial charge in [-0.05, 0) is 42.7 Å². The lowest BCUT2D eigenvalue weighted by molar-refractivity contribution is 0.112. The van der Waals surface area contributed by atoms with Gasteiger partial charge in [0.1, 0.15) is 0 Å². The second-order valence-electron chi connectivity index (χ2n) is 5.23. The van der Waals surface area contributed by atoms with Crippen LogP contribution in [-0.4, -0.2) is 16.3 Å². The number of nitrogens with one attached hydrogen (secondary N) is 1. The van der Waals surface area contributed by atoms with Gasteiger partial charge in [0.05, 0.1) is 11.4 Å². The molecule has 3 rings (SSSR count). The Bertz CT molecular complexity index is 759. The molecule has 0 aliphatic carbocycles. The summed E-state index contributed by atoms with van der Waals surface area (Å²) in [7, 11) is 0. The highest BCUT2D eigenvalue weighted by Crippen LogP contribution is 2.28. The van der Waals surface area contributed by atoms with Crippen LogP contribution in [0.15, 0.2) is 42.6 Å². The van der Waals surface area contributed by atoms with Crippen molar-refractivity contribution in [2.24, 2.45) is 0 Å². The third kappa shape index (κ3) is 2.59. The van der Waals surface area contributed by atoms with E-state index in [-0.39, 0.29) is 0 Å². The van der Waals surface area contributed by atoms with E-state index >= 15 is 0 Å². The van der Waals surface area contributed by atoms with Crippen LogP contribution in [0.1, 0.15) is 35.7 Å². The molecule has 0 saturated carbocycles. The monoisotopic (exact) mass is 278 g/mol. The largest absolute Gasteiger partial charge is 0.353 e. The number of aldehydes is 1. The molecule has 2 heterocycles. The number of aromatic nitrogens is 2. The van der Waals surface area contributed by atoms with Crippen LogP contribution >= 0.6 is 0 Å². The van der Waals surface area contributed by atoms with E-state index in [1.165, 1.54) is 18.4 Å². The van der Waals surface area contributed by atoms with E-state index in [4.69, 9.17) is 0 Å². The van der Waals surface area contributed by atoms with Gasteiger partial charge in [-0.25, -0.2) is 0 Å². The number of nitrogens with zero attached hydrogens (tertiary/aromatic N) is 1. The van der Waals surface area contributed by atoms with Crippen molar-refractivity contribution < 1.29 is 4.79 Å². The molecule has 0 amide bonds. The van der Waals surface area contributed by atoms with Crippen LogP contribution in [0, 0.1) is 0 Å². The fourth-order valence-electron chi connectivity index (χ4n) is 2.63. The lowest BCUT2D eigenvalue weighted by Crippen LogP contribution is -1.87. The molecule has 3 heteroatoms. The van der Waals surface area contributed by atoms with Gasteiger partial charge in [0, 0.05) is 22.7 Å². The minimum absolute atomic E-state index is 0.696. The lowest BCUT2D eigenvalue weighted by atomic mass is 10.0. The average molecular weight is 278 g/mol. The summed E-state index contributed by atoms with van der Waals surface area (Å²) >= 11 is 0. The van der Waals surface area contributed by atoms with Crippen molar-refractivity contribution in [3.05, 3.63) is 53.7 Å². The molecular formula is C18H18N2O. The van der Waals surface area contributed by atoms with E-state index in [1.807, 2.05) is 18.2 Å². The van der Waals surface area contributed by atoms with Gasteiger partial charge in [0.15, 0.2) is 6.29 Å². The molecule has 0 saturated heterocycles. The summed E-state index contributed by atoms with van der Waals surface area (Å²) < 4.78 is 0. The molecule has 0 bridgehead atoms. The van der Waals surface area contributed by atoms with Crippen LogP contribution in [-0.2, 0) is 6.42 Å². The quantitative estimate of drug-likeness (QED) is 0.704. The van der Waals surface area contributed by atoms with Gasteiger partial charge < -0.3 is 4.98 Å². The number of rotatable bonds is 5. The molecule has 21 heavy (non-hydrogen) atoms. The zero-order valence-corrected chi connectivity index (χ0v) is 12.1. The maximum Gasteiger partial charge on any atom is 0.152 e. The number of unbranched alkanes of at least 4 members (excludes halogenated alkanes) is 1. The standard InChI is InChI=1S/C18H18N2O/c1-2-3-6-13-8-9-16-14(11-13)15(12-21)18(20-16)17-7-4-5-10-19-17/h4-5,7-12,20H,2-3,6H2,1H3. The van der Waals surface area contributed by atoms with Crippen molar-refractivity contribution in [2.45, 2.75) is 26.2 Å². The summed E-state index contributed by atoms with van der Waals surface area (Å²) in [5.74, 6) is 0. The Balaban J connectivity index is 2.12. The Labute approximate surface area is 124 Å². The summed E-state index contributed by atoms with van der Waals surface area (Å²) in [5, 5.41) is 0.985. The summed E-state index contributed by atoms with van der Waals surface area (Å²) in [5.41, 5.74) is 4.55. The Hall–Kier alpha value is -2.42. The smallest absolute Gasteiger partial charge is 0.152 e. The number of hydrogen-bond acceptors (Lipinski definition) is 2. The van der Waals surface area contributed by atoms with Gasteiger partial charge in [-0.3, -0.25) is 9.78 Å². The number of carbonyl (C=O) groups excluding carboxylic acids is 1. The second-order valence-corrected chi connectivity index (χ2v) is 5.23. The number of pyridine rings is 1. The van der Waals surface area contributed by atoms with E-state index in [1.54, 1.807) is 6.20 Å². The first kappa shape index (κ1) is 13.6. The molecule has 1 aromatic carbocycles. The van der Waals surface area contributed by atoms with Gasteiger partial charge in [-0.15, -0.1) is 0 Å². The van der Waals surface area contributed by atoms with E-state index in [2.05, 4.69) is 35.1 Å². The highest BCUT2D eigenvalue weighted by Gasteiger charge is 2.13. The molecule has 0 fully saturated rings. The Morgan fingerprint density at radius 2 is 2.14 bits per heavy atom. The van der Waals surface area contributed by atoms with Gasteiger partial charge in [-0.1, -0.05) is 25.5 Å². The van der Waals surface area contributed by atoms with Crippen molar-refractivity contribution in [1.82, 2.24) is 9.97 Å². The Kier molecular flexibility index (Phi) is 3.82. The summed E-state index contributed by atoms with van der Waals surface area (Å²) in [4.78, 5) is 19.2. The predicted octanol–water partition coefficient (Wildman–Crippen LogP) is 4.39. The van der Waals surface area contributed by atoms with Crippen LogP contribution < -0.4 is 0 Å². The molecule has 0 spiro atoms. The minimum atomic E-state index is 0.696. The molecular weight excluding hydrogens is 260 g/mol. The first-order valence-electron chi connectivity index (χ1n) is 7.34. The van der Waals surface area contributed by atoms with Crippen molar-refractivity contribution in [2.75, 3.05) is 0 Å². The van der Waals surface area contributed by atoms with Crippen LogP contribution in [0.2, 0.25) is 0 Å². The topological polar surface area (TPSA) is 45.8 Å². The molecule has 0 atom stereocenters. The fraction of sp³-hybridized carbons (Fsp3) is 0.222. The summed E-state index contributed by atoms with van der Waals surface area (Å²) in [6, 6.07) is 12.0. The molecule has 3 nitrogen and oxygen atoms in total. The third-order valence-electron chi connectivity index (χ3n) is 3.76. The van der Waals surface area contributed by atoms with Gasteiger partial charge >= 0.3 is 0 Å². The van der Waals surface area contributed by atoms with Crippen LogP contribution in [0.3, 0.4) is 0 Å². The molecule has 0 unspecified atom stereocenters. The number of hydrogen-bond donors (Lipinski definition) is 1. The molecule has 2 aromatic heterocycles. The number of H-pyrrole nitrogens is 1. The first-order chi connectivity index (χ1) is 10.3. The zero-order chi connectivity index (χ0) is 14.7. The van der Waals surface area contributed by atoms with Gasteiger partial charge in [0.2, 0.25) is 0 Å². The normalized spacial score (nSPS) is 10.9. The van der Waals surface area contributed by atoms with Gasteiger partial charge in [0.25, 0.3) is 0 Å². The average Bonchev–Trinajstić information content (AvgIpc) is 2.91. The second kappa shape index (κ2) is 5.92. The van der Waals surface area contributed by atoms with E-state index in [0.717, 1.165) is 35.0 Å². The number of aryl methyl sites for hydroxylation is 1. The maximum absolute atomic E-state index is 11.6. The van der Waals surface area contributed by atoms with Crippen molar-refractivity contribution in [1.29, 1.82) is 0 Å². The molecule has 3 aromatic rings. The zero-order valence-electron chi connectivity index (χ0n) is 12.1. The predicted molar refractivity (Wildman–Crippen MR) is 85.5 cm³/mol. The SMILES string of the molecule is CCCCc1ccc2[nH]c(-c3ccccn3)c(C=O)c2c1. The van der Waals surface area contributed by atoms with E-state index in [0.29, 0.717) is 5.56 Å². The van der Waals surface area contributed by atoms with Crippen molar-refractivity contribution >= 4 is 17.2 Å².